The Kier molecular flexibility index (Phi) is 10.6. The van der Waals surface area contributed by atoms with Crippen molar-refractivity contribution >= 4 is 41.6 Å². The summed E-state index contributed by atoms with van der Waals surface area (Å²) in [6.07, 6.45) is 1.11. The quantitative estimate of drug-likeness (QED) is 0.401. The van der Waals surface area contributed by atoms with E-state index in [0.717, 1.165) is 48.3 Å². The lowest BCUT2D eigenvalue weighted by Crippen LogP contribution is -2.52. The van der Waals surface area contributed by atoms with Crippen LogP contribution >= 0.6 is 24.8 Å². The van der Waals surface area contributed by atoms with E-state index in [2.05, 4.69) is 22.9 Å². The number of carbonyl (C=O) groups is 1. The fourth-order valence-electron chi connectivity index (χ4n) is 5.73. The molecule has 3 aromatic rings. The maximum absolute atomic E-state index is 14.2. The first kappa shape index (κ1) is 31.1. The van der Waals surface area contributed by atoms with Gasteiger partial charge in [0.25, 0.3) is 0 Å². The Balaban J connectivity index is 0.00000210. The number of rotatable bonds is 6. The van der Waals surface area contributed by atoms with Crippen LogP contribution in [0.4, 0.5) is 4.39 Å². The molecule has 0 amide bonds. The van der Waals surface area contributed by atoms with Crippen molar-refractivity contribution in [1.29, 1.82) is 0 Å². The van der Waals surface area contributed by atoms with Gasteiger partial charge in [-0.1, -0.05) is 30.3 Å². The van der Waals surface area contributed by atoms with Crippen molar-refractivity contribution in [2.75, 3.05) is 46.9 Å². The van der Waals surface area contributed by atoms with Crippen molar-refractivity contribution in [3.63, 3.8) is 0 Å². The van der Waals surface area contributed by atoms with E-state index in [1.165, 1.54) is 12.1 Å². The molecule has 1 heterocycles. The van der Waals surface area contributed by atoms with Crippen molar-refractivity contribution in [2.45, 2.75) is 31.0 Å². The number of aliphatic hydroxyl groups is 1. The summed E-state index contributed by atoms with van der Waals surface area (Å²) in [5.41, 5.74) is -0.231. The summed E-state index contributed by atoms with van der Waals surface area (Å²) in [4.78, 5) is 17.4. The monoisotopic (exact) mass is 578 g/mol. The normalized spacial score (nSPS) is 23.9. The number of likely N-dealkylation sites (N-methyl/N-ethyl adjacent to an activating group) is 1. The standard InChI is InChI=1S/C30H35FN2O4.2ClH/c1-32-13-15-33(16-14-32)20-24-19-26(37-29(34)27-5-3-4-6-28(27)31)11-12-30(24,35)23-9-7-22-18-25(36-2)10-8-21(22)17-23;;/h3-10,17-18,24,26,35H,11-16,19-20H2,1-2H3;2*1H. The molecule has 1 aliphatic heterocycles. The van der Waals surface area contributed by atoms with E-state index in [1.54, 1.807) is 19.2 Å². The first-order valence-electron chi connectivity index (χ1n) is 13.0. The third-order valence-electron chi connectivity index (χ3n) is 8.06. The summed E-state index contributed by atoms with van der Waals surface area (Å²) >= 11 is 0. The van der Waals surface area contributed by atoms with E-state index >= 15 is 0 Å². The second-order valence-corrected chi connectivity index (χ2v) is 10.4. The van der Waals surface area contributed by atoms with Crippen LogP contribution in [0, 0.1) is 11.7 Å². The smallest absolute Gasteiger partial charge is 0.341 e. The summed E-state index contributed by atoms with van der Waals surface area (Å²) in [5, 5.41) is 14.3. The van der Waals surface area contributed by atoms with Crippen LogP contribution in [0.3, 0.4) is 0 Å². The van der Waals surface area contributed by atoms with Crippen LogP contribution in [0.1, 0.15) is 35.2 Å². The summed E-state index contributed by atoms with van der Waals surface area (Å²) in [5.74, 6) is -0.573. The molecule has 6 nitrogen and oxygen atoms in total. The molecule has 2 fully saturated rings. The molecule has 3 unspecified atom stereocenters. The van der Waals surface area contributed by atoms with Gasteiger partial charge in [0.1, 0.15) is 17.7 Å². The number of hydrogen-bond acceptors (Lipinski definition) is 6. The molecule has 0 aromatic heterocycles. The molecule has 0 radical (unpaired) electrons. The second kappa shape index (κ2) is 13.3. The molecule has 9 heteroatoms. The van der Waals surface area contributed by atoms with Gasteiger partial charge in [0.2, 0.25) is 0 Å². The number of benzene rings is 3. The minimum atomic E-state index is -1.06. The first-order valence-corrected chi connectivity index (χ1v) is 13.0. The number of ether oxygens (including phenoxy) is 2. The minimum absolute atomic E-state index is 0. The Bertz CT molecular complexity index is 1270. The SMILES string of the molecule is COc1ccc2cc(C3(O)CCC(OC(=O)c4ccccc4F)CC3CN3CCN(C)CC3)ccc2c1.Cl.Cl. The van der Waals surface area contributed by atoms with Gasteiger partial charge in [0.15, 0.2) is 0 Å². The predicted octanol–water partition coefficient (Wildman–Crippen LogP) is 5.29. The van der Waals surface area contributed by atoms with Gasteiger partial charge in [0, 0.05) is 38.6 Å². The van der Waals surface area contributed by atoms with Gasteiger partial charge < -0.3 is 24.4 Å². The molecule has 0 spiro atoms. The molecule has 212 valence electrons. The number of hydrogen-bond donors (Lipinski definition) is 1. The Labute approximate surface area is 241 Å². The molecule has 5 rings (SSSR count). The van der Waals surface area contributed by atoms with Crippen LogP contribution in [0.15, 0.2) is 60.7 Å². The van der Waals surface area contributed by atoms with Crippen LogP contribution in [0.2, 0.25) is 0 Å². The van der Waals surface area contributed by atoms with Gasteiger partial charge in [-0.2, -0.15) is 0 Å². The van der Waals surface area contributed by atoms with Crippen molar-refractivity contribution in [3.8, 4) is 5.75 Å². The van der Waals surface area contributed by atoms with E-state index in [4.69, 9.17) is 9.47 Å². The fourth-order valence-corrected chi connectivity index (χ4v) is 5.73. The lowest BCUT2D eigenvalue weighted by Gasteiger charge is -2.46. The summed E-state index contributed by atoms with van der Waals surface area (Å²) in [6, 6.07) is 17.9. The van der Waals surface area contributed by atoms with Crippen molar-refractivity contribution in [2.24, 2.45) is 5.92 Å². The van der Waals surface area contributed by atoms with Gasteiger partial charge in [0.05, 0.1) is 18.3 Å². The minimum Gasteiger partial charge on any atom is -0.497 e. The van der Waals surface area contributed by atoms with E-state index < -0.39 is 17.4 Å². The zero-order valence-corrected chi connectivity index (χ0v) is 24.0. The lowest BCUT2D eigenvalue weighted by atomic mass is 9.70. The molecule has 1 N–H and O–H groups in total. The topological polar surface area (TPSA) is 62.2 Å². The van der Waals surface area contributed by atoms with Gasteiger partial charge >= 0.3 is 5.97 Å². The Morgan fingerprint density at radius 1 is 1.03 bits per heavy atom. The lowest BCUT2D eigenvalue weighted by molar-refractivity contribution is -0.100. The molecule has 1 saturated carbocycles. The molecule has 3 aromatic carbocycles. The average Bonchev–Trinajstić information content (AvgIpc) is 2.91. The van der Waals surface area contributed by atoms with Gasteiger partial charge in [-0.3, -0.25) is 0 Å². The maximum atomic E-state index is 14.2. The van der Waals surface area contributed by atoms with Crippen LogP contribution in [-0.4, -0.2) is 73.9 Å². The molecule has 1 saturated heterocycles. The highest BCUT2D eigenvalue weighted by Gasteiger charge is 2.45. The number of carbonyl (C=O) groups excluding carboxylic acids is 1. The molecule has 3 atom stereocenters. The molecular weight excluding hydrogens is 542 g/mol. The van der Waals surface area contributed by atoms with E-state index in [-0.39, 0.29) is 42.4 Å². The third-order valence-corrected chi connectivity index (χ3v) is 8.06. The third kappa shape index (κ3) is 6.84. The molecule has 0 bridgehead atoms. The van der Waals surface area contributed by atoms with Crippen molar-refractivity contribution < 1.29 is 23.8 Å². The number of methoxy groups -OCH3 is 1. The maximum Gasteiger partial charge on any atom is 0.341 e. The predicted molar refractivity (Wildman–Crippen MR) is 156 cm³/mol. The number of fused-ring (bicyclic) bond motifs is 1. The largest absolute Gasteiger partial charge is 0.497 e. The number of esters is 1. The van der Waals surface area contributed by atoms with Crippen molar-refractivity contribution in [3.05, 3.63) is 77.6 Å². The van der Waals surface area contributed by atoms with Crippen molar-refractivity contribution in [1.82, 2.24) is 9.80 Å². The van der Waals surface area contributed by atoms with Crippen LogP contribution in [0.25, 0.3) is 10.8 Å². The highest BCUT2D eigenvalue weighted by molar-refractivity contribution is 5.89. The van der Waals surface area contributed by atoms with Crippen LogP contribution in [-0.2, 0) is 10.3 Å². The van der Waals surface area contributed by atoms with Gasteiger partial charge in [-0.05, 0) is 73.0 Å². The zero-order valence-electron chi connectivity index (χ0n) is 22.3. The molecular formula is C30H37Cl2FN2O4. The van der Waals surface area contributed by atoms with Gasteiger partial charge in [-0.25, -0.2) is 9.18 Å². The zero-order chi connectivity index (χ0) is 26.0. The molecule has 1 aliphatic carbocycles. The van der Waals surface area contributed by atoms with E-state index in [9.17, 15) is 14.3 Å². The first-order chi connectivity index (χ1) is 17.9. The van der Waals surface area contributed by atoms with Crippen LogP contribution in [0.5, 0.6) is 5.75 Å². The number of piperazine rings is 1. The number of halogens is 3. The highest BCUT2D eigenvalue weighted by atomic mass is 35.5. The highest BCUT2D eigenvalue weighted by Crippen LogP contribution is 2.44. The second-order valence-electron chi connectivity index (χ2n) is 10.4. The Morgan fingerprint density at radius 2 is 1.72 bits per heavy atom. The number of nitrogens with zero attached hydrogens (tertiary/aromatic N) is 2. The Hall–Kier alpha value is -2.42. The summed E-state index contributed by atoms with van der Waals surface area (Å²) < 4.78 is 25.3. The molecule has 2 aliphatic rings. The molecule has 39 heavy (non-hydrogen) atoms. The fraction of sp³-hybridized carbons (Fsp3) is 0.433. The average molecular weight is 580 g/mol. The van der Waals surface area contributed by atoms with E-state index in [1.807, 2.05) is 30.3 Å². The Morgan fingerprint density at radius 3 is 2.44 bits per heavy atom. The summed E-state index contributed by atoms with van der Waals surface area (Å²) in [6.45, 7) is 4.53. The van der Waals surface area contributed by atoms with Gasteiger partial charge in [-0.15, -0.1) is 24.8 Å². The van der Waals surface area contributed by atoms with Crippen LogP contribution < -0.4 is 4.74 Å². The summed E-state index contributed by atoms with van der Waals surface area (Å²) in [7, 11) is 3.77. The van der Waals surface area contributed by atoms with E-state index in [0.29, 0.717) is 25.8 Å².